The highest BCUT2D eigenvalue weighted by molar-refractivity contribution is 5.92. The summed E-state index contributed by atoms with van der Waals surface area (Å²) in [6, 6.07) is 3.38. The normalized spacial score (nSPS) is 15.8. The minimum absolute atomic E-state index is 0.161. The van der Waals surface area contributed by atoms with Gasteiger partial charge in [-0.05, 0) is 31.7 Å². The van der Waals surface area contributed by atoms with Gasteiger partial charge in [-0.2, -0.15) is 0 Å². The Hall–Kier alpha value is -2.24. The van der Waals surface area contributed by atoms with Gasteiger partial charge in [0.15, 0.2) is 11.5 Å². The van der Waals surface area contributed by atoms with Crippen LogP contribution in [0.1, 0.15) is 66.4 Å². The van der Waals surface area contributed by atoms with Gasteiger partial charge in [-0.3, -0.25) is 4.79 Å². The van der Waals surface area contributed by atoms with Gasteiger partial charge < -0.3 is 9.84 Å². The quantitative estimate of drug-likeness (QED) is 0.918. The Morgan fingerprint density at radius 2 is 2.18 bits per heavy atom. The van der Waals surface area contributed by atoms with Crippen LogP contribution in [0.15, 0.2) is 22.9 Å². The summed E-state index contributed by atoms with van der Waals surface area (Å²) in [5.74, 6) is 1.75. The fourth-order valence-corrected chi connectivity index (χ4v) is 2.32. The van der Waals surface area contributed by atoms with Crippen LogP contribution in [-0.2, 0) is 0 Å². The van der Waals surface area contributed by atoms with E-state index >= 15 is 0 Å². The van der Waals surface area contributed by atoms with Crippen LogP contribution in [0.2, 0.25) is 0 Å². The van der Waals surface area contributed by atoms with Crippen LogP contribution in [0.5, 0.6) is 0 Å². The number of nitrogens with zero attached hydrogens (tertiary/aromatic N) is 3. The molecule has 22 heavy (non-hydrogen) atoms. The largest absolute Gasteiger partial charge is 0.360 e. The van der Waals surface area contributed by atoms with E-state index < -0.39 is 0 Å². The maximum atomic E-state index is 12.4. The SMILES string of the molecule is Cc1ccnc([C@H](NC(=O)c2cc(C(C)C)on2)C2CC2)n1. The van der Waals surface area contributed by atoms with Gasteiger partial charge in [0.05, 0.1) is 6.04 Å². The van der Waals surface area contributed by atoms with Gasteiger partial charge in [0.25, 0.3) is 5.91 Å². The number of carbonyl (C=O) groups excluding carboxylic acids is 1. The molecule has 0 spiro atoms. The maximum absolute atomic E-state index is 12.4. The predicted molar refractivity (Wildman–Crippen MR) is 80.3 cm³/mol. The number of aromatic nitrogens is 3. The molecule has 116 valence electrons. The second-order valence-corrected chi connectivity index (χ2v) is 6.11. The number of hydrogen-bond acceptors (Lipinski definition) is 5. The zero-order valence-corrected chi connectivity index (χ0v) is 13.0. The molecular weight excluding hydrogens is 280 g/mol. The third-order valence-corrected chi connectivity index (χ3v) is 3.80. The number of nitrogens with one attached hydrogen (secondary N) is 1. The Bertz CT molecular complexity index is 676. The van der Waals surface area contributed by atoms with Crippen molar-refractivity contribution in [2.75, 3.05) is 0 Å². The number of hydrogen-bond donors (Lipinski definition) is 1. The second kappa shape index (κ2) is 5.87. The van der Waals surface area contributed by atoms with Crippen molar-refractivity contribution in [1.29, 1.82) is 0 Å². The summed E-state index contributed by atoms with van der Waals surface area (Å²) in [6.45, 7) is 5.91. The molecule has 0 aromatic carbocycles. The van der Waals surface area contributed by atoms with E-state index in [-0.39, 0.29) is 17.9 Å². The van der Waals surface area contributed by atoms with Crippen LogP contribution < -0.4 is 5.32 Å². The van der Waals surface area contributed by atoms with Crippen LogP contribution in [0, 0.1) is 12.8 Å². The Kier molecular flexibility index (Phi) is 3.92. The van der Waals surface area contributed by atoms with Gasteiger partial charge >= 0.3 is 0 Å². The summed E-state index contributed by atoms with van der Waals surface area (Å²) >= 11 is 0. The minimum atomic E-state index is -0.238. The van der Waals surface area contributed by atoms with Crippen molar-refractivity contribution in [1.82, 2.24) is 20.4 Å². The minimum Gasteiger partial charge on any atom is -0.360 e. The van der Waals surface area contributed by atoms with E-state index in [9.17, 15) is 4.79 Å². The molecule has 6 nitrogen and oxygen atoms in total. The molecule has 6 heteroatoms. The number of aryl methyl sites for hydroxylation is 1. The summed E-state index contributed by atoms with van der Waals surface area (Å²) in [7, 11) is 0. The van der Waals surface area contributed by atoms with Gasteiger partial charge in [-0.1, -0.05) is 19.0 Å². The van der Waals surface area contributed by atoms with Crippen molar-refractivity contribution >= 4 is 5.91 Å². The number of rotatable bonds is 5. The standard InChI is InChI=1S/C16H20N4O2/c1-9(2)13-8-12(20-22-13)16(21)19-14(11-4-5-11)15-17-7-6-10(3)18-15/h6-9,11,14H,4-5H2,1-3H3,(H,19,21)/t14-/m1/s1. The molecule has 3 rings (SSSR count). The van der Waals surface area contributed by atoms with Crippen molar-refractivity contribution in [3.8, 4) is 0 Å². The van der Waals surface area contributed by atoms with Crippen molar-refractivity contribution in [3.05, 3.63) is 41.3 Å². The van der Waals surface area contributed by atoms with Crippen molar-refractivity contribution in [2.45, 2.75) is 45.6 Å². The molecule has 1 fully saturated rings. The van der Waals surface area contributed by atoms with Crippen molar-refractivity contribution < 1.29 is 9.32 Å². The summed E-state index contributed by atoms with van der Waals surface area (Å²) in [4.78, 5) is 21.1. The smallest absolute Gasteiger partial charge is 0.274 e. The molecule has 1 atom stereocenters. The van der Waals surface area contributed by atoms with Crippen LogP contribution in [0.25, 0.3) is 0 Å². The lowest BCUT2D eigenvalue weighted by Gasteiger charge is -2.16. The molecule has 2 aromatic heterocycles. The molecule has 0 aliphatic heterocycles. The van der Waals surface area contributed by atoms with Crippen LogP contribution in [-0.4, -0.2) is 21.0 Å². The average Bonchev–Trinajstić information content (AvgIpc) is 3.19. The molecule has 1 N–H and O–H groups in total. The average molecular weight is 300 g/mol. The van der Waals surface area contributed by atoms with Crippen LogP contribution >= 0.6 is 0 Å². The Morgan fingerprint density at radius 3 is 2.77 bits per heavy atom. The lowest BCUT2D eigenvalue weighted by atomic mass is 10.1. The zero-order valence-electron chi connectivity index (χ0n) is 13.0. The van der Waals surface area contributed by atoms with E-state index in [1.165, 1.54) is 0 Å². The topological polar surface area (TPSA) is 80.9 Å². The van der Waals surface area contributed by atoms with Crippen LogP contribution in [0.3, 0.4) is 0 Å². The van der Waals surface area contributed by atoms with E-state index in [1.807, 2.05) is 26.8 Å². The summed E-state index contributed by atoms with van der Waals surface area (Å²) in [5.41, 5.74) is 1.20. The van der Waals surface area contributed by atoms with Gasteiger partial charge in [-0.25, -0.2) is 9.97 Å². The summed E-state index contributed by atoms with van der Waals surface area (Å²) in [5, 5.41) is 6.86. The lowest BCUT2D eigenvalue weighted by Crippen LogP contribution is -2.31. The zero-order chi connectivity index (χ0) is 15.7. The fourth-order valence-electron chi connectivity index (χ4n) is 2.32. The van der Waals surface area contributed by atoms with Crippen LogP contribution in [0.4, 0.5) is 0 Å². The first-order valence-corrected chi connectivity index (χ1v) is 7.61. The highest BCUT2D eigenvalue weighted by atomic mass is 16.5. The first kappa shape index (κ1) is 14.7. The summed E-state index contributed by atoms with van der Waals surface area (Å²) < 4.78 is 5.19. The van der Waals surface area contributed by atoms with E-state index in [2.05, 4.69) is 20.4 Å². The molecule has 0 unspecified atom stereocenters. The van der Waals surface area contributed by atoms with Gasteiger partial charge in [0.2, 0.25) is 0 Å². The fraction of sp³-hybridized carbons (Fsp3) is 0.500. The molecular formula is C16H20N4O2. The summed E-state index contributed by atoms with van der Waals surface area (Å²) in [6.07, 6.45) is 3.89. The first-order valence-electron chi connectivity index (χ1n) is 7.61. The molecule has 0 radical (unpaired) electrons. The molecule has 1 amide bonds. The molecule has 2 heterocycles. The lowest BCUT2D eigenvalue weighted by molar-refractivity contribution is 0.0920. The van der Waals surface area contributed by atoms with E-state index in [1.54, 1.807) is 12.3 Å². The molecule has 0 saturated heterocycles. The number of carbonyl (C=O) groups is 1. The van der Waals surface area contributed by atoms with E-state index in [0.29, 0.717) is 23.2 Å². The third kappa shape index (κ3) is 3.16. The Balaban J connectivity index is 1.77. The monoisotopic (exact) mass is 300 g/mol. The van der Waals surface area contributed by atoms with Gasteiger partial charge in [-0.15, -0.1) is 0 Å². The molecule has 0 bridgehead atoms. The highest BCUT2D eigenvalue weighted by Crippen LogP contribution is 2.40. The Labute approximate surface area is 129 Å². The maximum Gasteiger partial charge on any atom is 0.274 e. The number of amides is 1. The third-order valence-electron chi connectivity index (χ3n) is 3.80. The van der Waals surface area contributed by atoms with Gasteiger partial charge in [0.1, 0.15) is 5.76 Å². The second-order valence-electron chi connectivity index (χ2n) is 6.11. The molecule has 1 saturated carbocycles. The Morgan fingerprint density at radius 1 is 1.41 bits per heavy atom. The molecule has 1 aliphatic carbocycles. The van der Waals surface area contributed by atoms with Crippen molar-refractivity contribution in [3.63, 3.8) is 0 Å². The molecule has 2 aromatic rings. The highest BCUT2D eigenvalue weighted by Gasteiger charge is 2.36. The van der Waals surface area contributed by atoms with Crippen molar-refractivity contribution in [2.24, 2.45) is 5.92 Å². The predicted octanol–water partition coefficient (Wildman–Crippen LogP) is 2.78. The van der Waals surface area contributed by atoms with Gasteiger partial charge in [0, 0.05) is 23.9 Å². The molecule has 1 aliphatic rings. The van der Waals surface area contributed by atoms with E-state index in [4.69, 9.17) is 4.52 Å². The van der Waals surface area contributed by atoms with E-state index in [0.717, 1.165) is 18.5 Å². The first-order chi connectivity index (χ1) is 10.5.